The van der Waals surface area contributed by atoms with E-state index >= 15 is 0 Å². The molecule has 9 nitrogen and oxygen atoms in total. The fraction of sp³-hybridized carbons (Fsp3) is 0.400. The minimum Gasteiger partial charge on any atom is -0.473 e. The second kappa shape index (κ2) is 11.9. The highest BCUT2D eigenvalue weighted by Crippen LogP contribution is 2.38. The van der Waals surface area contributed by atoms with Gasteiger partial charge in [0.1, 0.15) is 23.7 Å². The Hall–Kier alpha value is -2.87. The minimum absolute atomic E-state index is 0.0703. The number of benzene rings is 1. The van der Waals surface area contributed by atoms with E-state index in [-0.39, 0.29) is 6.10 Å². The van der Waals surface area contributed by atoms with Crippen LogP contribution in [0.25, 0.3) is 0 Å². The lowest BCUT2D eigenvalue weighted by Crippen LogP contribution is -2.29. The summed E-state index contributed by atoms with van der Waals surface area (Å²) in [6, 6.07) is 11.3. The van der Waals surface area contributed by atoms with E-state index in [1.807, 2.05) is 71.4 Å². The third-order valence-corrected chi connectivity index (χ3v) is 7.02. The first kappa shape index (κ1) is 27.7. The largest absolute Gasteiger partial charge is 0.473 e. The molecule has 3 rings (SSSR count). The minimum atomic E-state index is -2.51. The van der Waals surface area contributed by atoms with Gasteiger partial charge in [-0.3, -0.25) is 0 Å². The average molecular weight is 532 g/mol. The molecule has 0 spiro atoms. The van der Waals surface area contributed by atoms with E-state index in [9.17, 15) is 4.57 Å². The maximum Gasteiger partial charge on any atom is 0.240 e. The lowest BCUT2D eigenvalue weighted by molar-refractivity contribution is 0.234. The highest BCUT2D eigenvalue weighted by Gasteiger charge is 2.18. The first-order valence-corrected chi connectivity index (χ1v) is 14.7. The van der Waals surface area contributed by atoms with Gasteiger partial charge in [-0.1, -0.05) is 23.7 Å². The van der Waals surface area contributed by atoms with Crippen LogP contribution in [0.3, 0.4) is 0 Å². The molecule has 0 bridgehead atoms. The van der Waals surface area contributed by atoms with Gasteiger partial charge in [0.25, 0.3) is 0 Å². The van der Waals surface area contributed by atoms with E-state index < -0.39 is 7.14 Å². The van der Waals surface area contributed by atoms with E-state index in [1.165, 1.54) is 6.20 Å². The number of aromatic nitrogens is 3. The molecular formula is C25H35ClN7O2P. The molecular weight excluding hydrogens is 497 g/mol. The van der Waals surface area contributed by atoms with Crippen molar-refractivity contribution >= 4 is 53.0 Å². The highest BCUT2D eigenvalue weighted by molar-refractivity contribution is 7.70. The van der Waals surface area contributed by atoms with Crippen molar-refractivity contribution in [3.63, 3.8) is 0 Å². The summed E-state index contributed by atoms with van der Waals surface area (Å²) in [6.07, 6.45) is 1.44. The summed E-state index contributed by atoms with van der Waals surface area (Å²) in [5.41, 5.74) is 1.32. The molecule has 2 N–H and O–H groups in total. The van der Waals surface area contributed by atoms with Gasteiger partial charge in [-0.25, -0.2) is 4.98 Å². The standard InChI is InChI=1S/C25H35ClN7O2P/c1-17(2)35-24-20(12-13-22(30-24)33(5)15-14-32(3)4)29-25-27-16-18(26)23(31-25)28-19-10-8-9-11-21(19)36(6,7)34/h8-13,16-17H,14-15H2,1-7H3,(H2,27,28,29,31). The van der Waals surface area contributed by atoms with Gasteiger partial charge in [-0.05, 0) is 65.5 Å². The summed E-state index contributed by atoms with van der Waals surface area (Å²) in [4.78, 5) is 17.8. The summed E-state index contributed by atoms with van der Waals surface area (Å²) in [5, 5.41) is 7.48. The first-order valence-electron chi connectivity index (χ1n) is 11.7. The maximum absolute atomic E-state index is 12.8. The van der Waals surface area contributed by atoms with Crippen LogP contribution in [0.5, 0.6) is 5.88 Å². The quantitative estimate of drug-likeness (QED) is 0.330. The molecule has 0 amide bonds. The molecule has 0 atom stereocenters. The van der Waals surface area contributed by atoms with Gasteiger partial charge in [-0.15, -0.1) is 0 Å². The number of para-hydroxylation sites is 1. The molecule has 0 aliphatic rings. The smallest absolute Gasteiger partial charge is 0.240 e. The molecule has 2 aromatic heterocycles. The third kappa shape index (κ3) is 7.56. The number of hydrogen-bond donors (Lipinski definition) is 2. The number of halogens is 1. The first-order chi connectivity index (χ1) is 16.9. The van der Waals surface area contributed by atoms with E-state index in [0.717, 1.165) is 24.2 Å². The van der Waals surface area contributed by atoms with Crippen molar-refractivity contribution in [2.75, 3.05) is 63.1 Å². The number of pyridine rings is 1. The zero-order chi connectivity index (χ0) is 26.5. The normalized spacial score (nSPS) is 11.6. The number of ether oxygens (including phenoxy) is 1. The fourth-order valence-corrected chi connectivity index (χ4v) is 4.62. The molecule has 3 aromatic rings. The van der Waals surface area contributed by atoms with Crippen LogP contribution < -0.4 is 25.6 Å². The van der Waals surface area contributed by atoms with Gasteiger partial charge in [0.15, 0.2) is 5.82 Å². The second-order valence-corrected chi connectivity index (χ2v) is 13.0. The van der Waals surface area contributed by atoms with Crippen molar-refractivity contribution in [1.29, 1.82) is 0 Å². The second-order valence-electron chi connectivity index (χ2n) is 9.42. The molecule has 194 valence electrons. The lowest BCUT2D eigenvalue weighted by atomic mass is 10.3. The summed E-state index contributed by atoms with van der Waals surface area (Å²) in [5.74, 6) is 1.97. The van der Waals surface area contributed by atoms with Gasteiger partial charge < -0.3 is 29.7 Å². The van der Waals surface area contributed by atoms with Crippen molar-refractivity contribution < 1.29 is 9.30 Å². The lowest BCUT2D eigenvalue weighted by Gasteiger charge is -2.22. The molecule has 0 saturated heterocycles. The number of nitrogens with zero attached hydrogens (tertiary/aromatic N) is 5. The third-order valence-electron chi connectivity index (χ3n) is 5.19. The molecule has 0 unspecified atom stereocenters. The Morgan fingerprint density at radius 1 is 1.00 bits per heavy atom. The molecule has 0 aliphatic heterocycles. The van der Waals surface area contributed by atoms with Crippen LogP contribution in [-0.2, 0) is 4.57 Å². The van der Waals surface area contributed by atoms with Crippen LogP contribution >= 0.6 is 18.7 Å². The predicted molar refractivity (Wildman–Crippen MR) is 151 cm³/mol. The Balaban J connectivity index is 1.89. The van der Waals surface area contributed by atoms with Crippen LogP contribution in [0.1, 0.15) is 13.8 Å². The molecule has 11 heteroatoms. The summed E-state index contributed by atoms with van der Waals surface area (Å²) >= 11 is 6.39. The monoisotopic (exact) mass is 531 g/mol. The van der Waals surface area contributed by atoms with Gasteiger partial charge in [0, 0.05) is 25.4 Å². The molecule has 1 aromatic carbocycles. The average Bonchev–Trinajstić information content (AvgIpc) is 2.80. The summed E-state index contributed by atoms with van der Waals surface area (Å²) < 4.78 is 18.7. The fourth-order valence-electron chi connectivity index (χ4n) is 3.33. The molecule has 2 heterocycles. The Kier molecular flexibility index (Phi) is 9.17. The summed E-state index contributed by atoms with van der Waals surface area (Å²) in [6.45, 7) is 9.09. The van der Waals surface area contributed by atoms with Crippen LogP contribution in [0, 0.1) is 0 Å². The van der Waals surface area contributed by atoms with Gasteiger partial charge in [0.05, 0.1) is 18.0 Å². The van der Waals surface area contributed by atoms with Crippen molar-refractivity contribution in [3.8, 4) is 5.88 Å². The Labute approximate surface area is 218 Å². The molecule has 0 radical (unpaired) electrons. The molecule has 0 fully saturated rings. The van der Waals surface area contributed by atoms with E-state index in [2.05, 4.69) is 30.4 Å². The molecule has 0 saturated carbocycles. The van der Waals surface area contributed by atoms with Crippen molar-refractivity contribution in [2.45, 2.75) is 20.0 Å². The molecule has 36 heavy (non-hydrogen) atoms. The number of likely N-dealkylation sites (N-methyl/N-ethyl adjacent to an activating group) is 2. The maximum atomic E-state index is 12.8. The topological polar surface area (TPSA) is 95.5 Å². The highest BCUT2D eigenvalue weighted by atomic mass is 35.5. The van der Waals surface area contributed by atoms with Crippen molar-refractivity contribution in [1.82, 2.24) is 19.9 Å². The zero-order valence-electron chi connectivity index (χ0n) is 21.9. The number of rotatable bonds is 11. The van der Waals surface area contributed by atoms with Crippen LogP contribution in [0.2, 0.25) is 5.02 Å². The van der Waals surface area contributed by atoms with Gasteiger partial charge >= 0.3 is 0 Å². The van der Waals surface area contributed by atoms with Gasteiger partial charge in [-0.2, -0.15) is 9.97 Å². The van der Waals surface area contributed by atoms with E-state index in [4.69, 9.17) is 21.3 Å². The molecule has 0 aliphatic carbocycles. The number of nitrogens with one attached hydrogen (secondary N) is 2. The Morgan fingerprint density at radius 2 is 1.72 bits per heavy atom. The predicted octanol–water partition coefficient (Wildman–Crippen LogP) is 5.05. The van der Waals surface area contributed by atoms with Crippen LogP contribution in [0.15, 0.2) is 42.6 Å². The van der Waals surface area contributed by atoms with Crippen LogP contribution in [0.4, 0.5) is 29.0 Å². The van der Waals surface area contributed by atoms with E-state index in [0.29, 0.717) is 34.0 Å². The van der Waals surface area contributed by atoms with Crippen LogP contribution in [-0.4, -0.2) is 73.5 Å². The SMILES string of the molecule is CC(C)Oc1nc(N(C)CCN(C)C)ccc1Nc1ncc(Cl)c(Nc2ccccc2P(C)(C)=O)n1. The Bertz CT molecular complexity index is 1230. The van der Waals surface area contributed by atoms with Crippen molar-refractivity contribution in [3.05, 3.63) is 47.6 Å². The van der Waals surface area contributed by atoms with Crippen molar-refractivity contribution in [2.24, 2.45) is 0 Å². The number of hydrogen-bond acceptors (Lipinski definition) is 9. The Morgan fingerprint density at radius 3 is 2.39 bits per heavy atom. The van der Waals surface area contributed by atoms with E-state index in [1.54, 1.807) is 13.3 Å². The zero-order valence-corrected chi connectivity index (χ0v) is 23.6. The summed E-state index contributed by atoms with van der Waals surface area (Å²) in [7, 11) is 3.57. The number of anilines is 5. The van der Waals surface area contributed by atoms with Gasteiger partial charge in [0.2, 0.25) is 11.8 Å².